The number of amides is 1. The highest BCUT2D eigenvalue weighted by Gasteiger charge is 2.38. The molecule has 1 aromatic heterocycles. The molecule has 1 atom stereocenters. The molecular formula is C23H32N4O4. The summed E-state index contributed by atoms with van der Waals surface area (Å²) >= 11 is 0. The summed E-state index contributed by atoms with van der Waals surface area (Å²) < 4.78 is 5.59. The Morgan fingerprint density at radius 1 is 1.19 bits per heavy atom. The zero-order valence-electron chi connectivity index (χ0n) is 18.9. The van der Waals surface area contributed by atoms with Crippen LogP contribution >= 0.6 is 0 Å². The van der Waals surface area contributed by atoms with Crippen molar-refractivity contribution in [2.75, 3.05) is 13.1 Å². The molecule has 0 saturated carbocycles. The van der Waals surface area contributed by atoms with Crippen molar-refractivity contribution in [3.05, 3.63) is 41.6 Å². The van der Waals surface area contributed by atoms with Crippen molar-refractivity contribution in [3.63, 3.8) is 0 Å². The fourth-order valence-corrected chi connectivity index (χ4v) is 3.72. The van der Waals surface area contributed by atoms with Crippen LogP contribution in [0.5, 0.6) is 5.75 Å². The van der Waals surface area contributed by atoms with E-state index in [0.29, 0.717) is 25.3 Å². The van der Waals surface area contributed by atoms with Gasteiger partial charge in [-0.1, -0.05) is 39.0 Å². The summed E-state index contributed by atoms with van der Waals surface area (Å²) in [7, 11) is 0. The van der Waals surface area contributed by atoms with Crippen molar-refractivity contribution < 1.29 is 19.1 Å². The molecule has 8 heteroatoms. The maximum atomic E-state index is 12.9. The van der Waals surface area contributed by atoms with Crippen LogP contribution in [0.4, 0.5) is 0 Å². The molecular weight excluding hydrogens is 396 g/mol. The second-order valence-electron chi connectivity index (χ2n) is 9.81. The lowest BCUT2D eigenvalue weighted by Gasteiger charge is -2.29. The van der Waals surface area contributed by atoms with E-state index < -0.39 is 11.6 Å². The Labute approximate surface area is 183 Å². The van der Waals surface area contributed by atoms with Gasteiger partial charge in [-0.15, -0.1) is 10.2 Å². The molecule has 0 radical (unpaired) electrons. The van der Waals surface area contributed by atoms with E-state index in [-0.39, 0.29) is 35.3 Å². The number of phenolic OH excluding ortho intramolecular Hbond substituents is 1. The number of phenols is 1. The third-order valence-corrected chi connectivity index (χ3v) is 5.50. The van der Waals surface area contributed by atoms with Crippen LogP contribution in [0.25, 0.3) is 0 Å². The molecule has 1 aliphatic rings. The summed E-state index contributed by atoms with van der Waals surface area (Å²) in [4.78, 5) is 27.5. The lowest BCUT2D eigenvalue weighted by molar-refractivity contribution is -0.130. The van der Waals surface area contributed by atoms with Crippen LogP contribution < -0.4 is 5.32 Å². The van der Waals surface area contributed by atoms with Crippen molar-refractivity contribution in [1.82, 2.24) is 20.4 Å². The summed E-state index contributed by atoms with van der Waals surface area (Å²) in [6.07, 6.45) is 1.90. The van der Waals surface area contributed by atoms with Gasteiger partial charge in [0.05, 0.1) is 6.54 Å². The Morgan fingerprint density at radius 2 is 1.90 bits per heavy atom. The minimum Gasteiger partial charge on any atom is -0.508 e. The number of likely N-dealkylation sites (tertiary alicyclic amines) is 1. The van der Waals surface area contributed by atoms with Crippen LogP contribution in [0, 0.1) is 0 Å². The number of aromatic hydroxyl groups is 1. The number of para-hydroxylation sites is 1. The summed E-state index contributed by atoms with van der Waals surface area (Å²) in [5.41, 5.74) is 0.0500. The van der Waals surface area contributed by atoms with Crippen LogP contribution in [0.2, 0.25) is 0 Å². The van der Waals surface area contributed by atoms with E-state index in [2.05, 4.69) is 15.5 Å². The van der Waals surface area contributed by atoms with E-state index in [1.807, 2.05) is 46.8 Å². The van der Waals surface area contributed by atoms with E-state index in [1.54, 1.807) is 17.0 Å². The van der Waals surface area contributed by atoms with Crippen molar-refractivity contribution >= 4 is 11.7 Å². The summed E-state index contributed by atoms with van der Waals surface area (Å²) in [6.45, 7) is 10.4. The molecule has 8 nitrogen and oxygen atoms in total. The molecule has 168 valence electrons. The third-order valence-electron chi connectivity index (χ3n) is 5.50. The van der Waals surface area contributed by atoms with Crippen molar-refractivity contribution in [1.29, 1.82) is 0 Å². The SMILES string of the molecule is CC(C)(Cc1ccccc1O)NCC(=O)N1CCCC1C(=O)c1nnc(C(C)(C)C)o1. The predicted molar refractivity (Wildman–Crippen MR) is 116 cm³/mol. The van der Waals surface area contributed by atoms with Crippen molar-refractivity contribution in [2.24, 2.45) is 0 Å². The molecule has 0 aliphatic carbocycles. The Hall–Kier alpha value is -2.74. The molecule has 2 aromatic rings. The van der Waals surface area contributed by atoms with E-state index in [9.17, 15) is 14.7 Å². The smallest absolute Gasteiger partial charge is 0.286 e. The van der Waals surface area contributed by atoms with Crippen LogP contribution in [0.3, 0.4) is 0 Å². The highest BCUT2D eigenvalue weighted by molar-refractivity contribution is 5.98. The Bertz CT molecular complexity index is 945. The predicted octanol–water partition coefficient (Wildman–Crippen LogP) is 2.86. The molecule has 31 heavy (non-hydrogen) atoms. The van der Waals surface area contributed by atoms with Crippen LogP contribution in [-0.4, -0.2) is 56.6 Å². The molecule has 0 spiro atoms. The largest absolute Gasteiger partial charge is 0.508 e. The fourth-order valence-electron chi connectivity index (χ4n) is 3.72. The van der Waals surface area contributed by atoms with Gasteiger partial charge in [-0.2, -0.15) is 0 Å². The second-order valence-corrected chi connectivity index (χ2v) is 9.81. The number of hydrogen-bond acceptors (Lipinski definition) is 7. The minimum absolute atomic E-state index is 0.0394. The molecule has 1 fully saturated rings. The average molecular weight is 429 g/mol. The van der Waals surface area contributed by atoms with Crippen LogP contribution in [-0.2, 0) is 16.6 Å². The first kappa shape index (κ1) is 22.9. The first-order chi connectivity index (χ1) is 14.5. The first-order valence-corrected chi connectivity index (χ1v) is 10.7. The molecule has 1 amide bonds. The number of rotatable bonds is 7. The van der Waals surface area contributed by atoms with Gasteiger partial charge in [0, 0.05) is 17.5 Å². The molecule has 2 N–H and O–H groups in total. The number of carbonyl (C=O) groups is 2. The maximum absolute atomic E-state index is 12.9. The van der Waals surface area contributed by atoms with Crippen LogP contribution in [0.15, 0.2) is 28.7 Å². The quantitative estimate of drug-likeness (QED) is 0.653. The first-order valence-electron chi connectivity index (χ1n) is 10.7. The molecule has 3 rings (SSSR count). The average Bonchev–Trinajstić information content (AvgIpc) is 3.37. The van der Waals surface area contributed by atoms with Gasteiger partial charge in [-0.25, -0.2) is 0 Å². The number of benzene rings is 1. The summed E-state index contributed by atoms with van der Waals surface area (Å²) in [5.74, 6) is 0.156. The number of nitrogens with zero attached hydrogens (tertiary/aromatic N) is 3. The third kappa shape index (κ3) is 5.50. The zero-order chi connectivity index (χ0) is 22.8. The van der Waals surface area contributed by atoms with Gasteiger partial charge in [0.15, 0.2) is 0 Å². The van der Waals surface area contributed by atoms with Crippen molar-refractivity contribution in [3.8, 4) is 5.75 Å². The standard InChI is InChI=1S/C23H32N4O4/c1-22(2,3)21-26-25-20(31-21)19(30)16-10-8-12-27(16)18(29)14-24-23(4,5)13-15-9-6-7-11-17(15)28/h6-7,9,11,16,24,28H,8,10,12-14H2,1-5H3. The minimum atomic E-state index is -0.580. The molecule has 1 aromatic carbocycles. The Kier molecular flexibility index (Phi) is 6.50. The van der Waals surface area contributed by atoms with Gasteiger partial charge >= 0.3 is 0 Å². The van der Waals surface area contributed by atoms with Gasteiger partial charge in [0.1, 0.15) is 11.8 Å². The normalized spacial score (nSPS) is 17.2. The fraction of sp³-hybridized carbons (Fsp3) is 0.565. The molecule has 1 saturated heterocycles. The zero-order valence-corrected chi connectivity index (χ0v) is 18.9. The lowest BCUT2D eigenvalue weighted by atomic mass is 9.94. The van der Waals surface area contributed by atoms with E-state index in [4.69, 9.17) is 4.42 Å². The molecule has 2 heterocycles. The number of hydrogen-bond donors (Lipinski definition) is 2. The van der Waals surface area contributed by atoms with E-state index in [0.717, 1.165) is 12.0 Å². The van der Waals surface area contributed by atoms with Crippen molar-refractivity contribution in [2.45, 2.75) is 70.9 Å². The van der Waals surface area contributed by atoms with Gasteiger partial charge in [-0.3, -0.25) is 9.59 Å². The number of aromatic nitrogens is 2. The number of Topliss-reactive ketones (excluding diaryl/α,β-unsaturated/α-hetero) is 1. The van der Waals surface area contributed by atoms with Gasteiger partial charge in [0.25, 0.3) is 5.89 Å². The summed E-state index contributed by atoms with van der Waals surface area (Å²) in [6, 6.07) is 6.59. The Balaban J connectivity index is 1.62. The molecule has 0 bridgehead atoms. The number of carbonyl (C=O) groups excluding carboxylic acids is 2. The van der Waals surface area contributed by atoms with E-state index in [1.165, 1.54) is 0 Å². The van der Waals surface area contributed by atoms with Gasteiger partial charge in [-0.05, 0) is 44.7 Å². The lowest BCUT2D eigenvalue weighted by Crippen LogP contribution is -2.50. The number of nitrogens with one attached hydrogen (secondary N) is 1. The Morgan fingerprint density at radius 3 is 2.55 bits per heavy atom. The molecule has 1 aliphatic heterocycles. The topological polar surface area (TPSA) is 109 Å². The maximum Gasteiger partial charge on any atom is 0.286 e. The summed E-state index contributed by atoms with van der Waals surface area (Å²) in [5, 5.41) is 21.2. The molecule has 1 unspecified atom stereocenters. The second kappa shape index (κ2) is 8.78. The van der Waals surface area contributed by atoms with E-state index >= 15 is 0 Å². The van der Waals surface area contributed by atoms with Gasteiger partial charge < -0.3 is 19.7 Å². The highest BCUT2D eigenvalue weighted by Crippen LogP contribution is 2.25. The monoisotopic (exact) mass is 428 g/mol. The number of ketones is 1. The highest BCUT2D eigenvalue weighted by atomic mass is 16.4. The van der Waals surface area contributed by atoms with Crippen LogP contribution in [0.1, 0.15) is 69.6 Å². The van der Waals surface area contributed by atoms with Gasteiger partial charge in [0.2, 0.25) is 17.6 Å².